The molecule has 9 heteroatoms. The Hall–Kier alpha value is -2.16. The minimum atomic E-state index is -1.08. The van der Waals surface area contributed by atoms with Crippen molar-refractivity contribution in [3.63, 3.8) is 0 Å². The lowest BCUT2D eigenvalue weighted by atomic mass is 9.99. The van der Waals surface area contributed by atoms with Crippen molar-refractivity contribution in [2.24, 2.45) is 0 Å². The molecule has 1 rings (SSSR count). The molecule has 0 radical (unpaired) electrons. The van der Waals surface area contributed by atoms with Gasteiger partial charge in [-0.1, -0.05) is 0 Å². The third-order valence-electron chi connectivity index (χ3n) is 2.90. The highest BCUT2D eigenvalue weighted by molar-refractivity contribution is 5.68. The van der Waals surface area contributed by atoms with E-state index in [0.717, 1.165) is 0 Å². The molecule has 1 fully saturated rings. The van der Waals surface area contributed by atoms with Crippen molar-refractivity contribution in [3.8, 4) is 0 Å². The standard InChI is InChI=1S/C14H20O9/c1-7(15)19-5-11-13(22-9(3)17)14(23-10(4)18)12(6-20-11)21-8(2)16/h11-14H,5-6H2,1-4H3/t11?,12?,13-,14?/m1/s1. The molecule has 1 heterocycles. The molecule has 0 amide bonds. The minimum absolute atomic E-state index is 0.0960. The van der Waals surface area contributed by atoms with Gasteiger partial charge in [0.05, 0.1) is 6.61 Å². The summed E-state index contributed by atoms with van der Waals surface area (Å²) < 4.78 is 25.6. The summed E-state index contributed by atoms with van der Waals surface area (Å²) in [6, 6.07) is 0. The van der Waals surface area contributed by atoms with E-state index in [0.29, 0.717) is 0 Å². The van der Waals surface area contributed by atoms with Gasteiger partial charge in [0.15, 0.2) is 18.3 Å². The molecule has 0 saturated carbocycles. The summed E-state index contributed by atoms with van der Waals surface area (Å²) in [7, 11) is 0. The Morgan fingerprint density at radius 3 is 1.83 bits per heavy atom. The Bertz CT molecular complexity index is 473. The highest BCUT2D eigenvalue weighted by Gasteiger charge is 2.47. The first-order chi connectivity index (χ1) is 10.7. The molecular weight excluding hydrogens is 312 g/mol. The molecule has 9 nitrogen and oxygen atoms in total. The molecule has 0 aromatic rings. The quantitative estimate of drug-likeness (QED) is 0.496. The van der Waals surface area contributed by atoms with Crippen molar-refractivity contribution in [1.82, 2.24) is 0 Å². The lowest BCUT2D eigenvalue weighted by Gasteiger charge is -2.40. The van der Waals surface area contributed by atoms with Crippen LogP contribution in [-0.4, -0.2) is 61.5 Å². The first-order valence-corrected chi connectivity index (χ1v) is 6.97. The van der Waals surface area contributed by atoms with E-state index in [1.165, 1.54) is 27.7 Å². The van der Waals surface area contributed by atoms with Crippen LogP contribution >= 0.6 is 0 Å². The zero-order chi connectivity index (χ0) is 17.6. The Balaban J connectivity index is 2.98. The monoisotopic (exact) mass is 332 g/mol. The second-order valence-electron chi connectivity index (χ2n) is 4.97. The van der Waals surface area contributed by atoms with Crippen molar-refractivity contribution in [1.29, 1.82) is 0 Å². The van der Waals surface area contributed by atoms with E-state index in [4.69, 9.17) is 23.7 Å². The number of rotatable bonds is 5. The Kier molecular flexibility index (Phi) is 6.95. The van der Waals surface area contributed by atoms with Crippen LogP contribution in [0.1, 0.15) is 27.7 Å². The molecule has 0 aliphatic carbocycles. The molecule has 0 spiro atoms. The fourth-order valence-corrected chi connectivity index (χ4v) is 2.16. The smallest absolute Gasteiger partial charge is 0.303 e. The molecule has 0 aromatic heterocycles. The molecular formula is C14H20O9. The maximum atomic E-state index is 11.3. The molecule has 23 heavy (non-hydrogen) atoms. The van der Waals surface area contributed by atoms with Crippen molar-refractivity contribution in [3.05, 3.63) is 0 Å². The van der Waals surface area contributed by atoms with Crippen LogP contribution in [-0.2, 0) is 42.9 Å². The summed E-state index contributed by atoms with van der Waals surface area (Å²) >= 11 is 0. The van der Waals surface area contributed by atoms with Gasteiger partial charge in [0.2, 0.25) is 0 Å². The molecule has 0 bridgehead atoms. The van der Waals surface area contributed by atoms with E-state index in [9.17, 15) is 19.2 Å². The molecule has 3 unspecified atom stereocenters. The zero-order valence-corrected chi connectivity index (χ0v) is 13.4. The lowest BCUT2D eigenvalue weighted by molar-refractivity contribution is -0.231. The SMILES string of the molecule is CC(=O)OCC1OCC(OC(C)=O)C(OC(C)=O)[C@@H]1OC(C)=O. The maximum Gasteiger partial charge on any atom is 0.303 e. The van der Waals surface area contributed by atoms with E-state index >= 15 is 0 Å². The van der Waals surface area contributed by atoms with Crippen LogP contribution in [0.3, 0.4) is 0 Å². The zero-order valence-electron chi connectivity index (χ0n) is 13.4. The van der Waals surface area contributed by atoms with Gasteiger partial charge in [-0.05, 0) is 0 Å². The topological polar surface area (TPSA) is 114 Å². The second-order valence-corrected chi connectivity index (χ2v) is 4.97. The van der Waals surface area contributed by atoms with Crippen molar-refractivity contribution < 1.29 is 42.9 Å². The highest BCUT2D eigenvalue weighted by atomic mass is 16.7. The van der Waals surface area contributed by atoms with Gasteiger partial charge in [0, 0.05) is 27.7 Å². The Morgan fingerprint density at radius 1 is 0.826 bits per heavy atom. The largest absolute Gasteiger partial charge is 0.463 e. The normalized spacial score (nSPS) is 26.8. The predicted molar refractivity (Wildman–Crippen MR) is 73.0 cm³/mol. The van der Waals surface area contributed by atoms with E-state index in [1.54, 1.807) is 0 Å². The minimum Gasteiger partial charge on any atom is -0.463 e. The summed E-state index contributed by atoms with van der Waals surface area (Å²) in [4.78, 5) is 44.8. The first kappa shape index (κ1) is 18.9. The number of carbonyl (C=O) groups is 4. The lowest BCUT2D eigenvalue weighted by Crippen LogP contribution is -2.58. The average molecular weight is 332 g/mol. The van der Waals surface area contributed by atoms with Crippen molar-refractivity contribution in [2.45, 2.75) is 52.1 Å². The molecule has 1 saturated heterocycles. The fourth-order valence-electron chi connectivity index (χ4n) is 2.16. The summed E-state index contributed by atoms with van der Waals surface area (Å²) in [6.07, 6.45) is -3.92. The number of hydrogen-bond donors (Lipinski definition) is 0. The van der Waals surface area contributed by atoms with Crippen LogP contribution in [0, 0.1) is 0 Å². The number of carbonyl (C=O) groups excluding carboxylic acids is 4. The number of ether oxygens (including phenoxy) is 5. The number of hydrogen-bond acceptors (Lipinski definition) is 9. The first-order valence-electron chi connectivity index (χ1n) is 6.97. The van der Waals surface area contributed by atoms with Crippen LogP contribution in [0.2, 0.25) is 0 Å². The van der Waals surface area contributed by atoms with Gasteiger partial charge in [0.1, 0.15) is 12.7 Å². The van der Waals surface area contributed by atoms with Crippen LogP contribution in [0.25, 0.3) is 0 Å². The van der Waals surface area contributed by atoms with E-state index in [1.807, 2.05) is 0 Å². The van der Waals surface area contributed by atoms with Crippen LogP contribution in [0.15, 0.2) is 0 Å². The van der Waals surface area contributed by atoms with Gasteiger partial charge >= 0.3 is 23.9 Å². The molecule has 0 aromatic carbocycles. The maximum absolute atomic E-state index is 11.3. The van der Waals surface area contributed by atoms with Crippen LogP contribution < -0.4 is 0 Å². The van der Waals surface area contributed by atoms with E-state index in [-0.39, 0.29) is 13.2 Å². The fraction of sp³-hybridized carbons (Fsp3) is 0.714. The summed E-state index contributed by atoms with van der Waals surface area (Å²) in [5.41, 5.74) is 0. The molecule has 0 N–H and O–H groups in total. The second kappa shape index (κ2) is 8.47. The summed E-state index contributed by atoms with van der Waals surface area (Å²) in [6.45, 7) is 4.46. The van der Waals surface area contributed by atoms with Gasteiger partial charge in [0.25, 0.3) is 0 Å². The van der Waals surface area contributed by atoms with Gasteiger partial charge < -0.3 is 23.7 Å². The molecule has 1 aliphatic rings. The Morgan fingerprint density at radius 2 is 1.35 bits per heavy atom. The average Bonchev–Trinajstić information content (AvgIpc) is 2.39. The summed E-state index contributed by atoms with van der Waals surface area (Å²) in [5, 5.41) is 0. The third-order valence-corrected chi connectivity index (χ3v) is 2.90. The summed E-state index contributed by atoms with van der Waals surface area (Å²) in [5.74, 6) is -2.43. The van der Waals surface area contributed by atoms with E-state index in [2.05, 4.69) is 0 Å². The van der Waals surface area contributed by atoms with Crippen molar-refractivity contribution >= 4 is 23.9 Å². The van der Waals surface area contributed by atoms with Crippen molar-refractivity contribution in [2.75, 3.05) is 13.2 Å². The molecule has 1 aliphatic heterocycles. The number of esters is 4. The van der Waals surface area contributed by atoms with Crippen LogP contribution in [0.5, 0.6) is 0 Å². The highest BCUT2D eigenvalue weighted by Crippen LogP contribution is 2.24. The van der Waals surface area contributed by atoms with Gasteiger partial charge in [-0.15, -0.1) is 0 Å². The van der Waals surface area contributed by atoms with Gasteiger partial charge in [-0.25, -0.2) is 0 Å². The van der Waals surface area contributed by atoms with Crippen LogP contribution in [0.4, 0.5) is 0 Å². The van der Waals surface area contributed by atoms with Gasteiger partial charge in [-0.3, -0.25) is 19.2 Å². The predicted octanol–water partition coefficient (Wildman–Crippen LogP) is -0.257. The molecule has 130 valence electrons. The van der Waals surface area contributed by atoms with Gasteiger partial charge in [-0.2, -0.15) is 0 Å². The molecule has 4 atom stereocenters. The van der Waals surface area contributed by atoms with E-state index < -0.39 is 48.3 Å². The third kappa shape index (κ3) is 6.23. The Labute approximate surface area is 133 Å².